The van der Waals surface area contributed by atoms with Crippen LogP contribution < -0.4 is 10.6 Å². The van der Waals surface area contributed by atoms with Gasteiger partial charge in [0.1, 0.15) is 0 Å². The summed E-state index contributed by atoms with van der Waals surface area (Å²) in [6.45, 7) is 2.46. The van der Waals surface area contributed by atoms with Crippen molar-refractivity contribution < 1.29 is 0 Å². The van der Waals surface area contributed by atoms with E-state index in [1.54, 1.807) is 6.20 Å². The summed E-state index contributed by atoms with van der Waals surface area (Å²) in [5.41, 5.74) is 2.90. The van der Waals surface area contributed by atoms with E-state index in [1.807, 2.05) is 48.7 Å². The molecular formula is C21H24Cl3N5. The van der Waals surface area contributed by atoms with Gasteiger partial charge in [-0.3, -0.25) is 4.98 Å². The molecule has 2 aromatic heterocycles. The minimum Gasteiger partial charge on any atom is -0.349 e. The summed E-state index contributed by atoms with van der Waals surface area (Å²) < 4.78 is 0. The molecule has 29 heavy (non-hydrogen) atoms. The molecule has 3 aromatic rings. The molecule has 0 aliphatic carbocycles. The number of nitrogens with one attached hydrogen (secondary N) is 2. The molecule has 3 heterocycles. The molecule has 0 bridgehead atoms. The molecule has 1 fully saturated rings. The number of nitrogens with zero attached hydrogens (tertiary/aromatic N) is 3. The third kappa shape index (κ3) is 5.17. The van der Waals surface area contributed by atoms with Gasteiger partial charge in [0.2, 0.25) is 5.95 Å². The molecular weight excluding hydrogens is 429 g/mol. The Balaban J connectivity index is 0.00000150. The number of piperidine rings is 1. The van der Waals surface area contributed by atoms with E-state index in [0.29, 0.717) is 12.5 Å². The minimum absolute atomic E-state index is 0. The molecule has 4 rings (SSSR count). The lowest BCUT2D eigenvalue weighted by Crippen LogP contribution is -2.41. The molecule has 1 aliphatic heterocycles. The highest BCUT2D eigenvalue weighted by Gasteiger charge is 2.38. The van der Waals surface area contributed by atoms with Gasteiger partial charge < -0.3 is 10.6 Å². The Morgan fingerprint density at radius 2 is 1.69 bits per heavy atom. The van der Waals surface area contributed by atoms with Crippen molar-refractivity contribution >= 4 is 42.4 Å². The van der Waals surface area contributed by atoms with Crippen LogP contribution in [0.2, 0.25) is 5.02 Å². The fourth-order valence-electron chi connectivity index (χ4n) is 3.75. The lowest BCUT2D eigenvalue weighted by molar-refractivity contribution is 0.354. The zero-order chi connectivity index (χ0) is 18.5. The second-order valence-corrected chi connectivity index (χ2v) is 7.16. The van der Waals surface area contributed by atoms with Crippen molar-refractivity contribution in [2.75, 3.05) is 18.4 Å². The molecule has 154 valence electrons. The van der Waals surface area contributed by atoms with Crippen LogP contribution in [0.5, 0.6) is 0 Å². The Morgan fingerprint density at radius 3 is 2.41 bits per heavy atom. The summed E-state index contributed by atoms with van der Waals surface area (Å²) in [6, 6.07) is 16.0. The highest BCUT2D eigenvalue weighted by Crippen LogP contribution is 2.42. The average molecular weight is 453 g/mol. The van der Waals surface area contributed by atoms with E-state index in [9.17, 15) is 0 Å². The van der Waals surface area contributed by atoms with Crippen molar-refractivity contribution in [2.24, 2.45) is 0 Å². The smallest absolute Gasteiger partial charge is 0.223 e. The van der Waals surface area contributed by atoms with Crippen LogP contribution in [0.4, 0.5) is 5.95 Å². The fraction of sp³-hybridized carbons (Fsp3) is 0.286. The standard InChI is InChI=1S/C21H22ClN5.2ClH/c22-18-7-2-1-6-17(18)21(9-13-23-14-10-21)19-8-12-25-20(27-19)26-15-16-5-3-4-11-24-16;;/h1-8,11-12,23H,9-10,13-15H2,(H,25,26,27);2*1H. The second-order valence-electron chi connectivity index (χ2n) is 6.75. The number of anilines is 1. The van der Waals surface area contributed by atoms with Gasteiger partial charge >= 0.3 is 0 Å². The van der Waals surface area contributed by atoms with Gasteiger partial charge in [-0.2, -0.15) is 0 Å². The van der Waals surface area contributed by atoms with Crippen molar-refractivity contribution in [1.29, 1.82) is 0 Å². The molecule has 0 unspecified atom stereocenters. The van der Waals surface area contributed by atoms with Crippen molar-refractivity contribution in [1.82, 2.24) is 20.3 Å². The van der Waals surface area contributed by atoms with Crippen LogP contribution in [0.1, 0.15) is 29.8 Å². The molecule has 1 aromatic carbocycles. The molecule has 0 amide bonds. The van der Waals surface area contributed by atoms with Gasteiger partial charge in [0, 0.05) is 22.8 Å². The Morgan fingerprint density at radius 1 is 0.931 bits per heavy atom. The van der Waals surface area contributed by atoms with E-state index in [0.717, 1.165) is 47.9 Å². The van der Waals surface area contributed by atoms with Gasteiger partial charge in [-0.1, -0.05) is 35.9 Å². The monoisotopic (exact) mass is 451 g/mol. The lowest BCUT2D eigenvalue weighted by atomic mass is 9.70. The van der Waals surface area contributed by atoms with Gasteiger partial charge in [-0.25, -0.2) is 9.97 Å². The molecule has 8 heteroatoms. The first-order chi connectivity index (χ1) is 13.3. The minimum atomic E-state index is -0.200. The third-order valence-corrected chi connectivity index (χ3v) is 5.48. The Hall–Kier alpha value is -1.92. The summed E-state index contributed by atoms with van der Waals surface area (Å²) in [6.07, 6.45) is 5.51. The first kappa shape index (κ1) is 23.4. The normalized spacial score (nSPS) is 14.9. The average Bonchev–Trinajstić information content (AvgIpc) is 2.74. The number of hydrogen-bond donors (Lipinski definition) is 2. The quantitative estimate of drug-likeness (QED) is 0.590. The molecule has 0 saturated carbocycles. The van der Waals surface area contributed by atoms with Crippen LogP contribution in [-0.2, 0) is 12.0 Å². The number of pyridine rings is 1. The second kappa shape index (κ2) is 10.7. The summed E-state index contributed by atoms with van der Waals surface area (Å²) in [7, 11) is 0. The predicted molar refractivity (Wildman–Crippen MR) is 122 cm³/mol. The van der Waals surface area contributed by atoms with Crippen molar-refractivity contribution in [2.45, 2.75) is 24.8 Å². The summed E-state index contributed by atoms with van der Waals surface area (Å²) in [5.74, 6) is 0.614. The Labute approximate surface area is 188 Å². The maximum absolute atomic E-state index is 6.59. The summed E-state index contributed by atoms with van der Waals surface area (Å²) in [4.78, 5) is 13.6. The van der Waals surface area contributed by atoms with Crippen LogP contribution in [0.25, 0.3) is 0 Å². The van der Waals surface area contributed by atoms with E-state index in [-0.39, 0.29) is 30.2 Å². The Kier molecular flexibility index (Phi) is 8.65. The molecule has 5 nitrogen and oxygen atoms in total. The van der Waals surface area contributed by atoms with Crippen LogP contribution >= 0.6 is 36.4 Å². The van der Waals surface area contributed by atoms with E-state index in [1.165, 1.54) is 0 Å². The number of rotatable bonds is 5. The molecule has 0 radical (unpaired) electrons. The lowest BCUT2D eigenvalue weighted by Gasteiger charge is -2.38. The first-order valence-electron chi connectivity index (χ1n) is 9.21. The zero-order valence-electron chi connectivity index (χ0n) is 15.8. The molecule has 2 N–H and O–H groups in total. The largest absolute Gasteiger partial charge is 0.349 e. The number of aromatic nitrogens is 3. The van der Waals surface area contributed by atoms with Crippen LogP contribution in [0.15, 0.2) is 60.9 Å². The van der Waals surface area contributed by atoms with Gasteiger partial charge in [-0.15, -0.1) is 24.8 Å². The van der Waals surface area contributed by atoms with Crippen LogP contribution in [0.3, 0.4) is 0 Å². The molecule has 1 aliphatic rings. The number of hydrogen-bond acceptors (Lipinski definition) is 5. The topological polar surface area (TPSA) is 62.7 Å². The van der Waals surface area contributed by atoms with Crippen molar-refractivity contribution in [3.63, 3.8) is 0 Å². The van der Waals surface area contributed by atoms with E-state index in [4.69, 9.17) is 16.6 Å². The van der Waals surface area contributed by atoms with Crippen LogP contribution in [-0.4, -0.2) is 28.0 Å². The van der Waals surface area contributed by atoms with Crippen molar-refractivity contribution in [3.8, 4) is 0 Å². The SMILES string of the molecule is Cl.Cl.Clc1ccccc1C1(c2ccnc(NCc3ccccn3)n2)CCNCC1. The molecule has 1 saturated heterocycles. The van der Waals surface area contributed by atoms with E-state index < -0.39 is 0 Å². The van der Waals surface area contributed by atoms with Gasteiger partial charge in [0.25, 0.3) is 0 Å². The third-order valence-electron chi connectivity index (χ3n) is 5.15. The maximum Gasteiger partial charge on any atom is 0.223 e. The van der Waals surface area contributed by atoms with Gasteiger partial charge in [0.05, 0.1) is 17.9 Å². The van der Waals surface area contributed by atoms with E-state index in [2.05, 4.69) is 26.7 Å². The first-order valence-corrected chi connectivity index (χ1v) is 9.59. The maximum atomic E-state index is 6.59. The summed E-state index contributed by atoms with van der Waals surface area (Å²) in [5, 5.41) is 7.53. The molecule has 0 spiro atoms. The fourth-order valence-corrected chi connectivity index (χ4v) is 4.07. The van der Waals surface area contributed by atoms with Gasteiger partial charge in [-0.05, 0) is 55.8 Å². The predicted octanol–water partition coefficient (Wildman–Crippen LogP) is 4.65. The van der Waals surface area contributed by atoms with Crippen molar-refractivity contribution in [3.05, 3.63) is 82.9 Å². The Bertz CT molecular complexity index is 902. The number of halogens is 3. The van der Waals surface area contributed by atoms with Crippen LogP contribution in [0, 0.1) is 0 Å². The number of benzene rings is 1. The summed E-state index contributed by atoms with van der Waals surface area (Å²) >= 11 is 6.59. The zero-order valence-corrected chi connectivity index (χ0v) is 18.2. The van der Waals surface area contributed by atoms with E-state index >= 15 is 0 Å². The van der Waals surface area contributed by atoms with Gasteiger partial charge in [0.15, 0.2) is 0 Å². The highest BCUT2D eigenvalue weighted by atomic mass is 35.5. The highest BCUT2D eigenvalue weighted by molar-refractivity contribution is 6.31. The molecule has 0 atom stereocenters.